The number of benzene rings is 1. The third-order valence-electron chi connectivity index (χ3n) is 4.03. The highest BCUT2D eigenvalue weighted by Crippen LogP contribution is 2.18. The van der Waals surface area contributed by atoms with Gasteiger partial charge in [0.05, 0.1) is 37.4 Å². The number of carbonyl (C=O) groups excluding carboxylic acids is 3. The molecule has 0 bridgehead atoms. The van der Waals surface area contributed by atoms with Crippen LogP contribution in [-0.2, 0) is 25.5 Å². The second-order valence-electron chi connectivity index (χ2n) is 5.86. The molecule has 0 fully saturated rings. The molecule has 1 aromatic carbocycles. The van der Waals surface area contributed by atoms with Gasteiger partial charge in [-0.2, -0.15) is 0 Å². The zero-order chi connectivity index (χ0) is 19.8. The van der Waals surface area contributed by atoms with E-state index in [0.717, 1.165) is 5.56 Å². The third kappa shape index (κ3) is 5.47. The van der Waals surface area contributed by atoms with Crippen LogP contribution in [0.4, 0.5) is 4.79 Å². The van der Waals surface area contributed by atoms with Gasteiger partial charge < -0.3 is 24.8 Å². The van der Waals surface area contributed by atoms with Gasteiger partial charge in [-0.05, 0) is 31.0 Å². The lowest BCUT2D eigenvalue weighted by Gasteiger charge is -2.28. The molecule has 27 heavy (non-hydrogen) atoms. The summed E-state index contributed by atoms with van der Waals surface area (Å²) < 4.78 is 15.4. The number of esters is 2. The molecule has 1 atom stereocenters. The van der Waals surface area contributed by atoms with E-state index in [1.54, 1.807) is 38.3 Å². The molecule has 1 aromatic rings. The van der Waals surface area contributed by atoms with Gasteiger partial charge in [-0.1, -0.05) is 19.1 Å². The molecule has 1 heterocycles. The molecule has 0 saturated carbocycles. The highest BCUT2D eigenvalue weighted by molar-refractivity contribution is 5.94. The van der Waals surface area contributed by atoms with E-state index >= 15 is 0 Å². The SMILES string of the molecule is CCOC(=O)C1=C(COC(=O)Cc2ccc(OC)cc2)NC(=O)N[C@@H]1CC. The maximum atomic E-state index is 12.3. The third-order valence-corrected chi connectivity index (χ3v) is 4.03. The molecule has 2 N–H and O–H groups in total. The minimum absolute atomic E-state index is 0.0649. The Bertz CT molecular complexity index is 726. The molecule has 0 saturated heterocycles. The summed E-state index contributed by atoms with van der Waals surface area (Å²) in [4.78, 5) is 36.2. The summed E-state index contributed by atoms with van der Waals surface area (Å²) in [7, 11) is 1.56. The Labute approximate surface area is 157 Å². The van der Waals surface area contributed by atoms with Crippen molar-refractivity contribution in [3.05, 3.63) is 41.1 Å². The van der Waals surface area contributed by atoms with Crippen LogP contribution >= 0.6 is 0 Å². The summed E-state index contributed by atoms with van der Waals surface area (Å²) in [6.45, 7) is 3.52. The van der Waals surface area contributed by atoms with E-state index < -0.39 is 24.0 Å². The van der Waals surface area contributed by atoms with Gasteiger partial charge in [0.1, 0.15) is 12.4 Å². The van der Waals surface area contributed by atoms with Crippen LogP contribution in [0.3, 0.4) is 0 Å². The Morgan fingerprint density at radius 2 is 1.81 bits per heavy atom. The lowest BCUT2D eigenvalue weighted by Crippen LogP contribution is -2.51. The maximum absolute atomic E-state index is 12.3. The molecule has 1 aliphatic heterocycles. The average molecular weight is 376 g/mol. The van der Waals surface area contributed by atoms with Crippen molar-refractivity contribution in [1.29, 1.82) is 0 Å². The molecule has 8 nitrogen and oxygen atoms in total. The van der Waals surface area contributed by atoms with Gasteiger partial charge in [-0.3, -0.25) is 4.79 Å². The predicted molar refractivity (Wildman–Crippen MR) is 97.1 cm³/mol. The van der Waals surface area contributed by atoms with Crippen LogP contribution in [0.5, 0.6) is 5.75 Å². The monoisotopic (exact) mass is 376 g/mol. The smallest absolute Gasteiger partial charge is 0.338 e. The standard InChI is InChI=1S/C19H24N2O6/c1-4-14-17(18(23)26-5-2)15(21-19(24)20-14)11-27-16(22)10-12-6-8-13(25-3)9-7-12/h6-9,14H,4-5,10-11H2,1-3H3,(H2,20,21,24)/t14-/m1/s1. The van der Waals surface area contributed by atoms with Crippen LogP contribution in [0.1, 0.15) is 25.8 Å². The lowest BCUT2D eigenvalue weighted by atomic mass is 10.0. The van der Waals surface area contributed by atoms with Crippen LogP contribution in [0.15, 0.2) is 35.5 Å². The number of amides is 2. The summed E-state index contributed by atoms with van der Waals surface area (Å²) in [5.41, 5.74) is 1.28. The molecule has 0 radical (unpaired) electrons. The normalized spacial score (nSPS) is 16.3. The fraction of sp³-hybridized carbons (Fsp3) is 0.421. The number of hydrogen-bond acceptors (Lipinski definition) is 6. The predicted octanol–water partition coefficient (Wildman–Crippen LogP) is 1.69. The van der Waals surface area contributed by atoms with Gasteiger partial charge in [0, 0.05) is 0 Å². The number of urea groups is 1. The van der Waals surface area contributed by atoms with E-state index in [9.17, 15) is 14.4 Å². The number of hydrogen-bond donors (Lipinski definition) is 2. The van der Waals surface area contributed by atoms with Crippen molar-refractivity contribution in [3.63, 3.8) is 0 Å². The largest absolute Gasteiger partial charge is 0.497 e. The van der Waals surface area contributed by atoms with E-state index in [0.29, 0.717) is 12.2 Å². The van der Waals surface area contributed by atoms with Crippen LogP contribution in [-0.4, -0.2) is 44.3 Å². The summed E-state index contributed by atoms with van der Waals surface area (Å²) in [6.07, 6.45) is 0.570. The minimum atomic E-state index is -0.543. The van der Waals surface area contributed by atoms with Gasteiger partial charge >= 0.3 is 18.0 Å². The van der Waals surface area contributed by atoms with Crippen molar-refractivity contribution in [2.45, 2.75) is 32.7 Å². The van der Waals surface area contributed by atoms with Gasteiger partial charge in [0.2, 0.25) is 0 Å². The Morgan fingerprint density at radius 1 is 1.11 bits per heavy atom. The second kappa shape index (κ2) is 9.61. The minimum Gasteiger partial charge on any atom is -0.497 e. The topological polar surface area (TPSA) is 103 Å². The first kappa shape index (κ1) is 20.3. The van der Waals surface area contributed by atoms with Crippen molar-refractivity contribution in [2.24, 2.45) is 0 Å². The van der Waals surface area contributed by atoms with Crippen molar-refractivity contribution in [2.75, 3.05) is 20.3 Å². The second-order valence-corrected chi connectivity index (χ2v) is 5.86. The lowest BCUT2D eigenvalue weighted by molar-refractivity contribution is -0.143. The zero-order valence-electron chi connectivity index (χ0n) is 15.7. The van der Waals surface area contributed by atoms with Crippen LogP contribution < -0.4 is 15.4 Å². The fourth-order valence-corrected chi connectivity index (χ4v) is 2.69. The Kier molecular flexibility index (Phi) is 7.22. The van der Waals surface area contributed by atoms with Crippen molar-refractivity contribution < 1.29 is 28.6 Å². The van der Waals surface area contributed by atoms with Gasteiger partial charge in [-0.15, -0.1) is 0 Å². The average Bonchev–Trinajstić information content (AvgIpc) is 2.66. The number of methoxy groups -OCH3 is 1. The van der Waals surface area contributed by atoms with E-state index in [1.165, 1.54) is 0 Å². The molecule has 0 aromatic heterocycles. The zero-order valence-corrected chi connectivity index (χ0v) is 15.7. The number of carbonyl (C=O) groups is 3. The molecule has 0 spiro atoms. The highest BCUT2D eigenvalue weighted by atomic mass is 16.5. The van der Waals surface area contributed by atoms with Gasteiger partial charge in [0.15, 0.2) is 0 Å². The summed E-state index contributed by atoms with van der Waals surface area (Å²) in [5, 5.41) is 5.20. The van der Waals surface area contributed by atoms with Crippen molar-refractivity contribution in [3.8, 4) is 5.75 Å². The Hall–Kier alpha value is -3.03. The Balaban J connectivity index is 2.07. The van der Waals surface area contributed by atoms with Crippen molar-refractivity contribution in [1.82, 2.24) is 10.6 Å². The molecule has 146 valence electrons. The maximum Gasteiger partial charge on any atom is 0.338 e. The molecule has 2 rings (SSSR count). The molecule has 0 unspecified atom stereocenters. The molecular weight excluding hydrogens is 352 g/mol. The van der Waals surface area contributed by atoms with E-state index in [-0.39, 0.29) is 30.9 Å². The van der Waals surface area contributed by atoms with Gasteiger partial charge in [-0.25, -0.2) is 9.59 Å². The summed E-state index contributed by atoms with van der Waals surface area (Å²) >= 11 is 0. The van der Waals surface area contributed by atoms with Crippen LogP contribution in [0.25, 0.3) is 0 Å². The number of ether oxygens (including phenoxy) is 3. The van der Waals surface area contributed by atoms with E-state index in [4.69, 9.17) is 14.2 Å². The van der Waals surface area contributed by atoms with E-state index in [2.05, 4.69) is 10.6 Å². The molecule has 1 aliphatic rings. The highest BCUT2D eigenvalue weighted by Gasteiger charge is 2.31. The summed E-state index contributed by atoms with van der Waals surface area (Å²) in [5.74, 6) is -0.325. The Morgan fingerprint density at radius 3 is 2.41 bits per heavy atom. The molecule has 2 amide bonds. The molecule has 8 heteroatoms. The van der Waals surface area contributed by atoms with Crippen LogP contribution in [0.2, 0.25) is 0 Å². The van der Waals surface area contributed by atoms with Crippen molar-refractivity contribution >= 4 is 18.0 Å². The number of rotatable bonds is 8. The summed E-state index contributed by atoms with van der Waals surface area (Å²) in [6, 6.07) is 6.10. The molecular formula is C19H24N2O6. The van der Waals surface area contributed by atoms with Crippen LogP contribution in [0, 0.1) is 0 Å². The first-order valence-electron chi connectivity index (χ1n) is 8.74. The van der Waals surface area contributed by atoms with Gasteiger partial charge in [0.25, 0.3) is 0 Å². The number of nitrogens with one attached hydrogen (secondary N) is 2. The van der Waals surface area contributed by atoms with E-state index in [1.807, 2.05) is 6.92 Å². The quantitative estimate of drug-likeness (QED) is 0.670. The first-order valence-corrected chi connectivity index (χ1v) is 8.74. The fourth-order valence-electron chi connectivity index (χ4n) is 2.69. The molecule has 0 aliphatic carbocycles. The first-order chi connectivity index (χ1) is 13.0.